The number of nitrogens with one attached hydrogen (secondary N) is 1. The normalized spacial score (nSPS) is 9.53. The lowest BCUT2D eigenvalue weighted by Crippen LogP contribution is -2.13. The molecule has 0 fully saturated rings. The third-order valence-corrected chi connectivity index (χ3v) is 1.89. The van der Waals surface area contributed by atoms with E-state index in [1.807, 2.05) is 6.07 Å². The molecule has 0 heterocycles. The Hall–Kier alpha value is -1.93. The molecule has 0 radical (unpaired) electrons. The number of non-ortho nitro benzene ring substituents is 1. The van der Waals surface area contributed by atoms with E-state index in [1.165, 1.54) is 12.1 Å². The van der Waals surface area contributed by atoms with Gasteiger partial charge in [0.25, 0.3) is 5.69 Å². The van der Waals surface area contributed by atoms with Gasteiger partial charge in [-0.15, -0.1) is 0 Å². The van der Waals surface area contributed by atoms with Crippen LogP contribution in [0.5, 0.6) is 0 Å². The fourth-order valence-electron chi connectivity index (χ4n) is 1.11. The summed E-state index contributed by atoms with van der Waals surface area (Å²) in [7, 11) is 0. The van der Waals surface area contributed by atoms with Gasteiger partial charge in [-0.2, -0.15) is 5.26 Å². The third-order valence-electron chi connectivity index (χ3n) is 1.89. The van der Waals surface area contributed by atoms with Crippen LogP contribution in [0.2, 0.25) is 0 Å². The minimum absolute atomic E-state index is 0.0933. The maximum Gasteiger partial charge on any atom is 0.269 e. The summed E-state index contributed by atoms with van der Waals surface area (Å²) in [5.41, 5.74) is 1.06. The van der Waals surface area contributed by atoms with E-state index in [4.69, 9.17) is 5.26 Å². The summed E-state index contributed by atoms with van der Waals surface area (Å²) < 4.78 is 0. The fraction of sp³-hybridized carbons (Fsp3) is 0.300. The first-order valence-electron chi connectivity index (χ1n) is 4.55. The first-order valence-corrected chi connectivity index (χ1v) is 4.55. The van der Waals surface area contributed by atoms with Gasteiger partial charge in [0, 0.05) is 31.6 Å². The number of nitro benzene ring substituents is 1. The van der Waals surface area contributed by atoms with Gasteiger partial charge >= 0.3 is 0 Å². The number of nitrogens with zero attached hydrogens (tertiary/aromatic N) is 2. The van der Waals surface area contributed by atoms with Crippen molar-refractivity contribution < 1.29 is 4.92 Å². The molecular weight excluding hydrogens is 194 g/mol. The van der Waals surface area contributed by atoms with Crippen LogP contribution in [-0.4, -0.2) is 11.5 Å². The molecule has 0 unspecified atom stereocenters. The van der Waals surface area contributed by atoms with Gasteiger partial charge < -0.3 is 5.32 Å². The van der Waals surface area contributed by atoms with Gasteiger partial charge in [0.1, 0.15) is 0 Å². The van der Waals surface area contributed by atoms with Crippen molar-refractivity contribution in [3.63, 3.8) is 0 Å². The lowest BCUT2D eigenvalue weighted by atomic mass is 10.2. The van der Waals surface area contributed by atoms with E-state index in [9.17, 15) is 10.1 Å². The molecule has 0 saturated heterocycles. The van der Waals surface area contributed by atoms with Crippen LogP contribution in [0.3, 0.4) is 0 Å². The first-order chi connectivity index (χ1) is 7.24. The number of benzene rings is 1. The van der Waals surface area contributed by atoms with E-state index in [-0.39, 0.29) is 5.69 Å². The highest BCUT2D eigenvalue weighted by molar-refractivity contribution is 5.32. The number of nitriles is 1. The van der Waals surface area contributed by atoms with Crippen LogP contribution in [0.1, 0.15) is 12.0 Å². The zero-order chi connectivity index (χ0) is 11.1. The molecule has 5 heteroatoms. The summed E-state index contributed by atoms with van der Waals surface area (Å²) in [4.78, 5) is 9.94. The lowest BCUT2D eigenvalue weighted by Gasteiger charge is -2.01. The van der Waals surface area contributed by atoms with Crippen molar-refractivity contribution in [2.45, 2.75) is 13.0 Å². The Kier molecular flexibility index (Phi) is 4.26. The lowest BCUT2D eigenvalue weighted by molar-refractivity contribution is -0.384. The SMILES string of the molecule is N#CCCNCc1ccc([N+](=O)[O-])cc1. The van der Waals surface area contributed by atoms with Crippen molar-refractivity contribution in [2.75, 3.05) is 6.54 Å². The Balaban J connectivity index is 2.43. The van der Waals surface area contributed by atoms with Crippen molar-refractivity contribution in [2.24, 2.45) is 0 Å². The summed E-state index contributed by atoms with van der Waals surface area (Å²) in [5.74, 6) is 0. The van der Waals surface area contributed by atoms with E-state index in [1.54, 1.807) is 12.1 Å². The molecule has 0 aliphatic rings. The maximum atomic E-state index is 10.4. The van der Waals surface area contributed by atoms with Gasteiger partial charge in [-0.3, -0.25) is 10.1 Å². The molecule has 1 N–H and O–H groups in total. The molecule has 1 rings (SSSR count). The molecule has 0 aromatic heterocycles. The molecule has 0 aliphatic heterocycles. The number of hydrogen-bond donors (Lipinski definition) is 1. The Labute approximate surface area is 87.5 Å². The van der Waals surface area contributed by atoms with E-state index in [0.717, 1.165) is 5.56 Å². The summed E-state index contributed by atoms with van der Waals surface area (Å²) in [5, 5.41) is 21.7. The first kappa shape index (κ1) is 11.1. The molecule has 5 nitrogen and oxygen atoms in total. The highest BCUT2D eigenvalue weighted by atomic mass is 16.6. The van der Waals surface area contributed by atoms with E-state index in [2.05, 4.69) is 5.32 Å². The van der Waals surface area contributed by atoms with Crippen LogP contribution in [-0.2, 0) is 6.54 Å². The van der Waals surface area contributed by atoms with Gasteiger partial charge in [0.15, 0.2) is 0 Å². The predicted molar refractivity (Wildman–Crippen MR) is 55.0 cm³/mol. The highest BCUT2D eigenvalue weighted by Gasteiger charge is 2.02. The zero-order valence-electron chi connectivity index (χ0n) is 8.14. The number of hydrogen-bond acceptors (Lipinski definition) is 4. The summed E-state index contributed by atoms with van der Waals surface area (Å²) in [6.45, 7) is 1.26. The second-order valence-corrected chi connectivity index (χ2v) is 3.01. The summed E-state index contributed by atoms with van der Waals surface area (Å²) in [6, 6.07) is 8.38. The summed E-state index contributed by atoms with van der Waals surface area (Å²) in [6.07, 6.45) is 0.465. The zero-order valence-corrected chi connectivity index (χ0v) is 8.14. The predicted octanol–water partition coefficient (Wildman–Crippen LogP) is 1.60. The largest absolute Gasteiger partial charge is 0.312 e. The molecule has 0 spiro atoms. The minimum Gasteiger partial charge on any atom is -0.312 e. The Morgan fingerprint density at radius 1 is 1.40 bits per heavy atom. The minimum atomic E-state index is -0.424. The quantitative estimate of drug-likeness (QED) is 0.450. The molecule has 0 atom stereocenters. The van der Waals surface area contributed by atoms with E-state index < -0.39 is 4.92 Å². The number of rotatable bonds is 5. The van der Waals surface area contributed by atoms with Gasteiger partial charge in [-0.25, -0.2) is 0 Å². The smallest absolute Gasteiger partial charge is 0.269 e. The topological polar surface area (TPSA) is 79.0 Å². The molecular formula is C10H11N3O2. The Bertz CT molecular complexity index is 367. The monoisotopic (exact) mass is 205 g/mol. The molecule has 0 saturated carbocycles. The van der Waals surface area contributed by atoms with Gasteiger partial charge in [0.05, 0.1) is 11.0 Å². The van der Waals surface area contributed by atoms with Gasteiger partial charge in [-0.05, 0) is 5.56 Å². The van der Waals surface area contributed by atoms with Crippen molar-refractivity contribution in [3.05, 3.63) is 39.9 Å². The van der Waals surface area contributed by atoms with Crippen LogP contribution in [0.25, 0.3) is 0 Å². The molecule has 1 aromatic carbocycles. The molecule has 0 amide bonds. The third kappa shape index (κ3) is 3.75. The van der Waals surface area contributed by atoms with Gasteiger partial charge in [-0.1, -0.05) is 12.1 Å². The van der Waals surface area contributed by atoms with Crippen LogP contribution in [0, 0.1) is 21.4 Å². The molecule has 78 valence electrons. The maximum absolute atomic E-state index is 10.4. The second kappa shape index (κ2) is 5.73. The van der Waals surface area contributed by atoms with Crippen LogP contribution >= 0.6 is 0 Å². The number of nitro groups is 1. The van der Waals surface area contributed by atoms with Crippen LogP contribution < -0.4 is 5.32 Å². The highest BCUT2D eigenvalue weighted by Crippen LogP contribution is 2.11. The van der Waals surface area contributed by atoms with Crippen molar-refractivity contribution in [1.82, 2.24) is 5.32 Å². The van der Waals surface area contributed by atoms with Crippen LogP contribution in [0.4, 0.5) is 5.69 Å². The van der Waals surface area contributed by atoms with Crippen LogP contribution in [0.15, 0.2) is 24.3 Å². The Morgan fingerprint density at radius 3 is 2.60 bits per heavy atom. The van der Waals surface area contributed by atoms with Crippen molar-refractivity contribution >= 4 is 5.69 Å². The van der Waals surface area contributed by atoms with E-state index >= 15 is 0 Å². The van der Waals surface area contributed by atoms with Gasteiger partial charge in [0.2, 0.25) is 0 Å². The average Bonchev–Trinajstić information content (AvgIpc) is 2.25. The molecule has 15 heavy (non-hydrogen) atoms. The fourth-order valence-corrected chi connectivity index (χ4v) is 1.11. The Morgan fingerprint density at radius 2 is 2.07 bits per heavy atom. The van der Waals surface area contributed by atoms with E-state index in [0.29, 0.717) is 19.5 Å². The summed E-state index contributed by atoms with van der Waals surface area (Å²) >= 11 is 0. The van der Waals surface area contributed by atoms with Crippen molar-refractivity contribution in [3.8, 4) is 6.07 Å². The molecule has 0 aliphatic carbocycles. The second-order valence-electron chi connectivity index (χ2n) is 3.01. The standard InChI is InChI=1S/C10H11N3O2/c11-6-1-7-12-8-9-2-4-10(5-3-9)13(14)15/h2-5,12H,1,7-8H2. The molecule has 1 aromatic rings. The average molecular weight is 205 g/mol. The molecule has 0 bridgehead atoms. The van der Waals surface area contributed by atoms with Crippen molar-refractivity contribution in [1.29, 1.82) is 5.26 Å².